The second-order valence-electron chi connectivity index (χ2n) is 4.91. The third kappa shape index (κ3) is 10.7. The summed E-state index contributed by atoms with van der Waals surface area (Å²) in [6.07, 6.45) is 0. The van der Waals surface area contributed by atoms with Crippen molar-refractivity contribution in [3.63, 3.8) is 0 Å². The van der Waals surface area contributed by atoms with Crippen LogP contribution in [-0.2, 0) is 19.1 Å². The molecule has 0 aromatic heterocycles. The van der Waals surface area contributed by atoms with Crippen LogP contribution in [-0.4, -0.2) is 48.7 Å². The highest BCUT2D eigenvalue weighted by molar-refractivity contribution is 8.76. The van der Waals surface area contributed by atoms with Crippen molar-refractivity contribution in [2.24, 2.45) is 11.5 Å². The molecule has 0 unspecified atom stereocenters. The maximum Gasteiger partial charge on any atom is 0.324 e. The van der Waals surface area contributed by atoms with Crippen LogP contribution < -0.4 is 11.5 Å². The van der Waals surface area contributed by atoms with Gasteiger partial charge in [-0.15, -0.1) is 0 Å². The zero-order valence-electron chi connectivity index (χ0n) is 13.0. The molecule has 0 aliphatic rings. The van der Waals surface area contributed by atoms with Crippen LogP contribution in [0.3, 0.4) is 0 Å². The van der Waals surface area contributed by atoms with Gasteiger partial charge in [0.25, 0.3) is 0 Å². The largest absolute Gasteiger partial charge is 0.460 e. The minimum atomic E-state index is -0.719. The van der Waals surface area contributed by atoms with Crippen molar-refractivity contribution < 1.29 is 19.1 Å². The summed E-state index contributed by atoms with van der Waals surface area (Å²) in [4.78, 5) is 23.0. The average molecular weight is 348 g/mol. The van der Waals surface area contributed by atoms with Gasteiger partial charge in [-0.25, -0.2) is 0 Å². The van der Waals surface area contributed by atoms with E-state index in [1.54, 1.807) is 13.8 Å². The van der Waals surface area contributed by atoms with Crippen LogP contribution in [0.15, 0.2) is 24.3 Å². The fourth-order valence-corrected chi connectivity index (χ4v) is 3.20. The first-order chi connectivity index (χ1) is 10.2. The summed E-state index contributed by atoms with van der Waals surface area (Å²) in [6.45, 7) is 11.1. The SMILES string of the molecule is C=C(C)COC(=O)[C@@H](N)CSSC[C@H](N)C(=O)OCC(=C)C. The molecule has 0 saturated heterocycles. The predicted molar refractivity (Wildman–Crippen MR) is 92.4 cm³/mol. The van der Waals surface area contributed by atoms with Crippen LogP contribution in [0.5, 0.6) is 0 Å². The lowest BCUT2D eigenvalue weighted by Crippen LogP contribution is -2.35. The fourth-order valence-electron chi connectivity index (χ4n) is 0.982. The van der Waals surface area contributed by atoms with Gasteiger partial charge in [0.2, 0.25) is 0 Å². The molecule has 0 aromatic carbocycles. The lowest BCUT2D eigenvalue weighted by molar-refractivity contribution is -0.144. The van der Waals surface area contributed by atoms with Gasteiger partial charge in [0, 0.05) is 11.5 Å². The summed E-state index contributed by atoms with van der Waals surface area (Å²) in [6, 6.07) is -1.44. The summed E-state index contributed by atoms with van der Waals surface area (Å²) in [5, 5.41) is 0. The van der Waals surface area contributed by atoms with Crippen molar-refractivity contribution in [1.82, 2.24) is 0 Å². The number of carbonyl (C=O) groups excluding carboxylic acids is 2. The Hall–Kier alpha value is -0.960. The van der Waals surface area contributed by atoms with E-state index in [0.717, 1.165) is 11.1 Å². The van der Waals surface area contributed by atoms with E-state index >= 15 is 0 Å². The number of hydrogen-bond acceptors (Lipinski definition) is 8. The van der Waals surface area contributed by atoms with E-state index < -0.39 is 24.0 Å². The molecule has 0 spiro atoms. The average Bonchev–Trinajstić information content (AvgIpc) is 2.45. The lowest BCUT2D eigenvalue weighted by atomic mass is 10.3. The van der Waals surface area contributed by atoms with Crippen molar-refractivity contribution in [1.29, 1.82) is 0 Å². The summed E-state index contributed by atoms with van der Waals surface area (Å²) < 4.78 is 9.89. The van der Waals surface area contributed by atoms with E-state index in [-0.39, 0.29) is 13.2 Å². The Morgan fingerprint density at radius 3 is 1.50 bits per heavy atom. The highest BCUT2D eigenvalue weighted by atomic mass is 33.1. The van der Waals surface area contributed by atoms with Crippen molar-refractivity contribution >= 4 is 33.5 Å². The van der Waals surface area contributed by atoms with Crippen molar-refractivity contribution in [3.8, 4) is 0 Å². The first-order valence-electron chi connectivity index (χ1n) is 6.61. The Kier molecular flexibility index (Phi) is 11.1. The smallest absolute Gasteiger partial charge is 0.324 e. The van der Waals surface area contributed by atoms with Gasteiger partial charge in [-0.05, 0) is 25.0 Å². The molecule has 8 heteroatoms. The molecule has 0 amide bonds. The predicted octanol–water partition coefficient (Wildman–Crippen LogP) is 1.26. The summed E-state index contributed by atoms with van der Waals surface area (Å²) in [5.74, 6) is -0.206. The molecule has 2 atom stereocenters. The molecule has 0 heterocycles. The monoisotopic (exact) mass is 348 g/mol. The molecule has 126 valence electrons. The van der Waals surface area contributed by atoms with Crippen LogP contribution in [0, 0.1) is 0 Å². The number of ether oxygens (including phenoxy) is 2. The highest BCUT2D eigenvalue weighted by Gasteiger charge is 2.18. The second kappa shape index (κ2) is 11.6. The summed E-state index contributed by atoms with van der Waals surface area (Å²) in [5.41, 5.74) is 12.9. The molecule has 0 saturated carbocycles. The van der Waals surface area contributed by atoms with Gasteiger partial charge in [0.05, 0.1) is 0 Å². The van der Waals surface area contributed by atoms with Crippen molar-refractivity contribution in [2.75, 3.05) is 24.7 Å². The number of hydrogen-bond donors (Lipinski definition) is 2. The summed E-state index contributed by atoms with van der Waals surface area (Å²) >= 11 is 0. The number of rotatable bonds is 11. The first-order valence-corrected chi connectivity index (χ1v) is 9.10. The molecule has 0 aromatic rings. The molecule has 0 rings (SSSR count). The van der Waals surface area contributed by atoms with E-state index in [4.69, 9.17) is 20.9 Å². The number of carbonyl (C=O) groups is 2. The Balaban J connectivity index is 3.82. The van der Waals surface area contributed by atoms with E-state index in [9.17, 15) is 9.59 Å². The molecule has 0 aliphatic carbocycles. The van der Waals surface area contributed by atoms with Gasteiger partial charge in [-0.3, -0.25) is 9.59 Å². The van der Waals surface area contributed by atoms with Crippen molar-refractivity contribution in [3.05, 3.63) is 24.3 Å². The standard InChI is InChI=1S/C14H24N2O4S2/c1-9(2)5-19-13(17)11(15)7-21-22-8-12(16)14(18)20-6-10(3)4/h11-12H,1,3,5-8,15-16H2,2,4H3/t11-,12-/m0/s1. The van der Waals surface area contributed by atoms with Gasteiger partial charge in [-0.1, -0.05) is 34.7 Å². The van der Waals surface area contributed by atoms with Crippen LogP contribution >= 0.6 is 21.6 Å². The molecule has 0 radical (unpaired) electrons. The van der Waals surface area contributed by atoms with Gasteiger partial charge in [-0.2, -0.15) is 0 Å². The Morgan fingerprint density at radius 1 is 0.909 bits per heavy atom. The summed E-state index contributed by atoms with van der Waals surface area (Å²) in [7, 11) is 2.71. The molecule has 6 nitrogen and oxygen atoms in total. The van der Waals surface area contributed by atoms with Gasteiger partial charge in [0.15, 0.2) is 0 Å². The zero-order valence-corrected chi connectivity index (χ0v) is 14.6. The van der Waals surface area contributed by atoms with Gasteiger partial charge < -0.3 is 20.9 Å². The third-order valence-corrected chi connectivity index (χ3v) is 4.58. The maximum absolute atomic E-state index is 11.5. The Labute approximate surface area is 139 Å². The molecule has 22 heavy (non-hydrogen) atoms. The molecule has 0 bridgehead atoms. The molecular weight excluding hydrogens is 324 g/mol. The molecule has 4 N–H and O–H groups in total. The van der Waals surface area contributed by atoms with E-state index in [1.165, 1.54) is 21.6 Å². The number of nitrogens with two attached hydrogens (primary N) is 2. The minimum absolute atomic E-state index is 0.170. The van der Waals surface area contributed by atoms with Crippen LogP contribution in [0.25, 0.3) is 0 Å². The van der Waals surface area contributed by atoms with Gasteiger partial charge in [0.1, 0.15) is 25.3 Å². The highest BCUT2D eigenvalue weighted by Crippen LogP contribution is 2.22. The van der Waals surface area contributed by atoms with Crippen molar-refractivity contribution in [2.45, 2.75) is 25.9 Å². The quantitative estimate of drug-likeness (QED) is 0.249. The first kappa shape index (κ1) is 21.0. The van der Waals surface area contributed by atoms with Crippen LogP contribution in [0.4, 0.5) is 0 Å². The normalized spacial score (nSPS) is 13.1. The Morgan fingerprint density at radius 2 is 1.23 bits per heavy atom. The maximum atomic E-state index is 11.5. The Bertz CT molecular complexity index is 378. The molecule has 0 fully saturated rings. The second-order valence-corrected chi connectivity index (χ2v) is 7.46. The zero-order chi connectivity index (χ0) is 17.1. The molecule has 0 aliphatic heterocycles. The lowest BCUT2D eigenvalue weighted by Gasteiger charge is -2.12. The van der Waals surface area contributed by atoms with E-state index in [1.807, 2.05) is 0 Å². The van der Waals surface area contributed by atoms with E-state index in [0.29, 0.717) is 11.5 Å². The third-order valence-electron chi connectivity index (χ3n) is 2.11. The fraction of sp³-hybridized carbons (Fsp3) is 0.571. The van der Waals surface area contributed by atoms with Crippen LogP contribution in [0.2, 0.25) is 0 Å². The van der Waals surface area contributed by atoms with E-state index in [2.05, 4.69) is 13.2 Å². The minimum Gasteiger partial charge on any atom is -0.460 e. The molecular formula is C14H24N2O4S2. The topological polar surface area (TPSA) is 105 Å². The van der Waals surface area contributed by atoms with Crippen LogP contribution in [0.1, 0.15) is 13.8 Å². The van der Waals surface area contributed by atoms with Gasteiger partial charge >= 0.3 is 11.9 Å². The number of esters is 2.